The van der Waals surface area contributed by atoms with E-state index in [2.05, 4.69) is 5.32 Å². The SMILES string of the molecule is O=C(O)C1(NCCS(=O)(=O)c2ccc(Cl)s2)CC1. The maximum atomic E-state index is 11.9. The summed E-state index contributed by atoms with van der Waals surface area (Å²) in [5.41, 5.74) is -0.900. The summed E-state index contributed by atoms with van der Waals surface area (Å²) in [6.45, 7) is 0.129. The molecule has 0 bridgehead atoms. The van der Waals surface area contributed by atoms with E-state index >= 15 is 0 Å². The van der Waals surface area contributed by atoms with E-state index in [1.807, 2.05) is 0 Å². The highest BCUT2D eigenvalue weighted by molar-refractivity contribution is 7.93. The van der Waals surface area contributed by atoms with Gasteiger partial charge in [0.1, 0.15) is 9.75 Å². The van der Waals surface area contributed by atoms with Gasteiger partial charge in [-0.25, -0.2) is 8.42 Å². The Kier molecular flexibility index (Phi) is 3.68. The van der Waals surface area contributed by atoms with Gasteiger partial charge in [-0.05, 0) is 25.0 Å². The number of nitrogens with one attached hydrogen (secondary N) is 1. The third-order valence-corrected chi connectivity index (χ3v) is 6.38. The standard InChI is InChI=1S/C10H12ClNO4S2/c11-7-1-2-8(17-7)18(15,16)6-5-12-10(3-4-10)9(13)14/h1-2,12H,3-6H2,(H,13,14). The highest BCUT2D eigenvalue weighted by Crippen LogP contribution is 2.35. The maximum Gasteiger partial charge on any atom is 0.323 e. The van der Waals surface area contributed by atoms with Crippen LogP contribution >= 0.6 is 22.9 Å². The molecule has 8 heteroatoms. The van der Waals surface area contributed by atoms with Gasteiger partial charge < -0.3 is 10.4 Å². The van der Waals surface area contributed by atoms with E-state index in [-0.39, 0.29) is 16.5 Å². The van der Waals surface area contributed by atoms with Crippen molar-refractivity contribution in [3.63, 3.8) is 0 Å². The molecule has 2 rings (SSSR count). The summed E-state index contributed by atoms with van der Waals surface area (Å²) in [5.74, 6) is -1.04. The van der Waals surface area contributed by atoms with E-state index < -0.39 is 21.3 Å². The molecule has 0 amide bonds. The number of carbonyl (C=O) groups is 1. The Balaban J connectivity index is 1.92. The molecule has 18 heavy (non-hydrogen) atoms. The molecule has 1 aromatic rings. The van der Waals surface area contributed by atoms with Crippen molar-refractivity contribution in [1.29, 1.82) is 0 Å². The van der Waals surface area contributed by atoms with E-state index in [9.17, 15) is 13.2 Å². The van der Waals surface area contributed by atoms with Gasteiger partial charge in [-0.2, -0.15) is 0 Å². The number of carboxylic acids is 1. The molecule has 0 spiro atoms. The predicted molar refractivity (Wildman–Crippen MR) is 69.0 cm³/mol. The van der Waals surface area contributed by atoms with Crippen LogP contribution in [0.3, 0.4) is 0 Å². The Hall–Kier alpha value is -0.630. The molecule has 100 valence electrons. The minimum absolute atomic E-state index is 0.126. The summed E-state index contributed by atoms with van der Waals surface area (Å²) < 4.78 is 24.4. The fourth-order valence-corrected chi connectivity index (χ4v) is 4.37. The zero-order chi connectivity index (χ0) is 13.4. The molecule has 1 fully saturated rings. The summed E-state index contributed by atoms with van der Waals surface area (Å²) >= 11 is 6.69. The number of rotatable bonds is 6. The third kappa shape index (κ3) is 2.85. The van der Waals surface area contributed by atoms with E-state index in [1.54, 1.807) is 0 Å². The molecular weight excluding hydrogens is 298 g/mol. The molecule has 0 saturated heterocycles. The molecule has 0 atom stereocenters. The van der Waals surface area contributed by atoms with Crippen molar-refractivity contribution in [2.24, 2.45) is 0 Å². The molecule has 1 aliphatic rings. The molecule has 0 radical (unpaired) electrons. The number of carboxylic acid groups (broad SMARTS) is 1. The lowest BCUT2D eigenvalue weighted by Gasteiger charge is -2.11. The quantitative estimate of drug-likeness (QED) is 0.829. The number of halogens is 1. The molecule has 1 aliphatic carbocycles. The van der Waals surface area contributed by atoms with Crippen LogP contribution in [0.4, 0.5) is 0 Å². The molecule has 1 aromatic heterocycles. The summed E-state index contributed by atoms with van der Waals surface area (Å²) in [7, 11) is -3.38. The largest absolute Gasteiger partial charge is 0.480 e. The first-order chi connectivity index (χ1) is 8.36. The van der Waals surface area contributed by atoms with E-state index in [0.29, 0.717) is 17.2 Å². The second-order valence-electron chi connectivity index (χ2n) is 4.19. The molecule has 1 saturated carbocycles. The van der Waals surface area contributed by atoms with Crippen molar-refractivity contribution in [1.82, 2.24) is 5.32 Å². The van der Waals surface area contributed by atoms with Gasteiger partial charge in [0.25, 0.3) is 0 Å². The van der Waals surface area contributed by atoms with Crippen LogP contribution in [-0.4, -0.2) is 37.3 Å². The Morgan fingerprint density at radius 1 is 1.50 bits per heavy atom. The predicted octanol–water partition coefficient (Wildman–Crippen LogP) is 1.38. The monoisotopic (exact) mass is 309 g/mol. The van der Waals surface area contributed by atoms with Crippen LogP contribution in [-0.2, 0) is 14.6 Å². The fourth-order valence-electron chi connectivity index (χ4n) is 1.58. The van der Waals surface area contributed by atoms with Crippen molar-refractivity contribution in [3.05, 3.63) is 16.5 Å². The summed E-state index contributed by atoms with van der Waals surface area (Å²) in [6, 6.07) is 3.00. The highest BCUT2D eigenvalue weighted by atomic mass is 35.5. The van der Waals surface area contributed by atoms with E-state index in [0.717, 1.165) is 11.3 Å². The Morgan fingerprint density at radius 3 is 2.61 bits per heavy atom. The molecule has 5 nitrogen and oxygen atoms in total. The zero-order valence-corrected chi connectivity index (χ0v) is 11.7. The van der Waals surface area contributed by atoms with Crippen LogP contribution in [0.15, 0.2) is 16.3 Å². The molecular formula is C10H12ClNO4S2. The van der Waals surface area contributed by atoms with Crippen molar-refractivity contribution >= 4 is 38.7 Å². The second-order valence-corrected chi connectivity index (χ2v) is 8.24. The van der Waals surface area contributed by atoms with Crippen molar-refractivity contribution < 1.29 is 18.3 Å². The normalized spacial score (nSPS) is 17.6. The summed E-state index contributed by atoms with van der Waals surface area (Å²) in [5, 5.41) is 11.7. The van der Waals surface area contributed by atoms with Gasteiger partial charge >= 0.3 is 5.97 Å². The van der Waals surface area contributed by atoms with Gasteiger partial charge in [-0.3, -0.25) is 4.79 Å². The first-order valence-corrected chi connectivity index (χ1v) is 8.17. The van der Waals surface area contributed by atoms with Crippen LogP contribution in [0.5, 0.6) is 0 Å². The number of aliphatic carboxylic acids is 1. The minimum Gasteiger partial charge on any atom is -0.480 e. The van der Waals surface area contributed by atoms with Gasteiger partial charge in [0.05, 0.1) is 10.1 Å². The Labute approximate surface area is 114 Å². The number of thiophene rings is 1. The van der Waals surface area contributed by atoms with Crippen molar-refractivity contribution in [2.45, 2.75) is 22.6 Å². The number of sulfone groups is 1. The van der Waals surface area contributed by atoms with Crippen molar-refractivity contribution in [3.8, 4) is 0 Å². The van der Waals surface area contributed by atoms with E-state index in [4.69, 9.17) is 16.7 Å². The van der Waals surface area contributed by atoms with Crippen LogP contribution in [0.2, 0.25) is 4.34 Å². The molecule has 0 aliphatic heterocycles. The Bertz CT molecular complexity index is 562. The summed E-state index contributed by atoms with van der Waals surface area (Å²) in [6.07, 6.45) is 1.10. The molecule has 0 aromatic carbocycles. The fraction of sp³-hybridized carbons (Fsp3) is 0.500. The van der Waals surface area contributed by atoms with Crippen LogP contribution in [0.1, 0.15) is 12.8 Å². The minimum atomic E-state index is -3.38. The molecule has 2 N–H and O–H groups in total. The average Bonchev–Trinajstić information content (AvgIpc) is 2.93. The second kappa shape index (κ2) is 4.80. The average molecular weight is 310 g/mol. The summed E-state index contributed by atoms with van der Waals surface area (Å²) in [4.78, 5) is 10.9. The van der Waals surface area contributed by atoms with E-state index in [1.165, 1.54) is 12.1 Å². The van der Waals surface area contributed by atoms with Gasteiger partial charge in [0.15, 0.2) is 9.84 Å². The Morgan fingerprint density at radius 2 is 2.17 bits per heavy atom. The zero-order valence-electron chi connectivity index (χ0n) is 9.35. The first-order valence-electron chi connectivity index (χ1n) is 5.32. The lowest BCUT2D eigenvalue weighted by molar-refractivity contribution is -0.140. The smallest absolute Gasteiger partial charge is 0.323 e. The van der Waals surface area contributed by atoms with Crippen LogP contribution in [0.25, 0.3) is 0 Å². The maximum absolute atomic E-state index is 11.9. The van der Waals surface area contributed by atoms with Crippen LogP contribution < -0.4 is 5.32 Å². The van der Waals surface area contributed by atoms with Gasteiger partial charge in [-0.1, -0.05) is 11.6 Å². The lowest BCUT2D eigenvalue weighted by atomic mass is 10.3. The number of hydrogen-bond acceptors (Lipinski definition) is 5. The highest BCUT2D eigenvalue weighted by Gasteiger charge is 2.49. The number of hydrogen-bond donors (Lipinski definition) is 2. The van der Waals surface area contributed by atoms with Crippen molar-refractivity contribution in [2.75, 3.05) is 12.3 Å². The van der Waals surface area contributed by atoms with Gasteiger partial charge in [-0.15, -0.1) is 11.3 Å². The van der Waals surface area contributed by atoms with Crippen LogP contribution in [0, 0.1) is 0 Å². The third-order valence-electron chi connectivity index (χ3n) is 2.85. The first kappa shape index (κ1) is 13.8. The topological polar surface area (TPSA) is 83.5 Å². The lowest BCUT2D eigenvalue weighted by Crippen LogP contribution is -2.41. The van der Waals surface area contributed by atoms with Gasteiger partial charge in [0, 0.05) is 6.54 Å². The van der Waals surface area contributed by atoms with Gasteiger partial charge in [0.2, 0.25) is 0 Å². The molecule has 1 heterocycles. The molecule has 0 unspecified atom stereocenters.